The molecule has 0 saturated heterocycles. The van der Waals surface area contributed by atoms with Crippen LogP contribution in [0.5, 0.6) is 0 Å². The van der Waals surface area contributed by atoms with Crippen LogP contribution in [0.3, 0.4) is 0 Å². The van der Waals surface area contributed by atoms with Crippen LogP contribution in [0.2, 0.25) is 0 Å². The zero-order valence-electron chi connectivity index (χ0n) is 10.7. The van der Waals surface area contributed by atoms with Crippen molar-refractivity contribution >= 4 is 21.1 Å². The van der Waals surface area contributed by atoms with Gasteiger partial charge in [-0.1, -0.05) is 23.8 Å². The number of rotatable bonds is 4. The lowest BCUT2D eigenvalue weighted by molar-refractivity contribution is 0.594. The van der Waals surface area contributed by atoms with Crippen LogP contribution in [0.15, 0.2) is 58.6 Å². The van der Waals surface area contributed by atoms with E-state index in [1.807, 2.05) is 13.0 Å². The van der Waals surface area contributed by atoms with Gasteiger partial charge < -0.3 is 0 Å². The molecule has 1 aromatic carbocycles. The summed E-state index contributed by atoms with van der Waals surface area (Å²) >= 11 is -0.658. The van der Waals surface area contributed by atoms with Crippen LogP contribution in [-0.2, 0) is 21.1 Å². The van der Waals surface area contributed by atoms with Crippen molar-refractivity contribution in [3.8, 4) is 0 Å². The van der Waals surface area contributed by atoms with Crippen molar-refractivity contribution in [1.29, 1.82) is 0 Å². The van der Waals surface area contributed by atoms with E-state index in [1.165, 1.54) is 0 Å². The van der Waals surface area contributed by atoms with E-state index in [4.69, 9.17) is 0 Å². The SMILES string of the molecule is Cc1ccc(S(=O)(=O)N[S+](C)c2ccccn2)cc1. The average Bonchev–Trinajstić information content (AvgIpc) is 2.40. The van der Waals surface area contributed by atoms with Crippen molar-refractivity contribution in [3.63, 3.8) is 0 Å². The van der Waals surface area contributed by atoms with Crippen LogP contribution >= 0.6 is 0 Å². The van der Waals surface area contributed by atoms with Crippen molar-refractivity contribution < 1.29 is 8.42 Å². The molecule has 0 spiro atoms. The molecule has 0 bridgehead atoms. The fraction of sp³-hybridized carbons (Fsp3) is 0.154. The average molecular weight is 295 g/mol. The van der Waals surface area contributed by atoms with Crippen molar-refractivity contribution in [2.75, 3.05) is 6.26 Å². The predicted octanol–water partition coefficient (Wildman–Crippen LogP) is 1.89. The molecule has 1 N–H and O–H groups in total. The molecule has 1 heterocycles. The van der Waals surface area contributed by atoms with Crippen LogP contribution in [0.4, 0.5) is 0 Å². The summed E-state index contributed by atoms with van der Waals surface area (Å²) in [5.41, 5.74) is 1.03. The van der Waals surface area contributed by atoms with Gasteiger partial charge in [0, 0.05) is 12.3 Å². The maximum atomic E-state index is 12.2. The molecule has 0 aliphatic rings. The Hall–Kier alpha value is -1.37. The summed E-state index contributed by atoms with van der Waals surface area (Å²) in [6.45, 7) is 1.92. The molecule has 19 heavy (non-hydrogen) atoms. The lowest BCUT2D eigenvalue weighted by atomic mass is 10.2. The highest BCUT2D eigenvalue weighted by molar-refractivity contribution is 8.07. The zero-order chi connectivity index (χ0) is 13.9. The number of hydrogen-bond acceptors (Lipinski definition) is 3. The van der Waals surface area contributed by atoms with E-state index in [0.717, 1.165) is 10.6 Å². The van der Waals surface area contributed by atoms with Gasteiger partial charge in [-0.25, -0.2) is 13.4 Å². The van der Waals surface area contributed by atoms with E-state index in [1.54, 1.807) is 48.9 Å². The maximum absolute atomic E-state index is 12.2. The maximum Gasteiger partial charge on any atom is 0.279 e. The van der Waals surface area contributed by atoms with Gasteiger partial charge in [-0.3, -0.25) is 0 Å². The lowest BCUT2D eigenvalue weighted by Crippen LogP contribution is -2.30. The third kappa shape index (κ3) is 3.56. The zero-order valence-corrected chi connectivity index (χ0v) is 12.3. The third-order valence-electron chi connectivity index (χ3n) is 2.52. The van der Waals surface area contributed by atoms with E-state index < -0.39 is 21.1 Å². The van der Waals surface area contributed by atoms with Crippen LogP contribution < -0.4 is 4.13 Å². The number of aromatic nitrogens is 1. The standard InChI is InChI=1S/C13H15N2O2S2/c1-11-6-8-12(9-7-11)19(16,17)15-18(2)13-5-3-4-10-14-13/h3-10,15H,1-2H3/q+1. The van der Waals surface area contributed by atoms with E-state index in [-0.39, 0.29) is 4.90 Å². The Kier molecular flexibility index (Phi) is 4.24. The number of hydrogen-bond donors (Lipinski definition) is 1. The predicted molar refractivity (Wildman–Crippen MR) is 77.3 cm³/mol. The first-order valence-corrected chi connectivity index (χ1v) is 8.77. The largest absolute Gasteiger partial charge is 0.279 e. The van der Waals surface area contributed by atoms with Gasteiger partial charge >= 0.3 is 0 Å². The summed E-state index contributed by atoms with van der Waals surface area (Å²) in [6.07, 6.45) is 3.45. The Balaban J connectivity index is 2.20. The molecule has 4 nitrogen and oxygen atoms in total. The smallest absolute Gasteiger partial charge is 0.209 e. The molecule has 1 aromatic heterocycles. The first-order chi connectivity index (χ1) is 8.99. The fourth-order valence-electron chi connectivity index (χ4n) is 1.50. The number of sulfonamides is 1. The number of nitrogens with one attached hydrogen (secondary N) is 1. The second-order valence-electron chi connectivity index (χ2n) is 4.08. The fourth-order valence-corrected chi connectivity index (χ4v) is 4.54. The molecule has 6 heteroatoms. The Bertz CT molecular complexity index is 640. The molecule has 0 amide bonds. The van der Waals surface area contributed by atoms with Crippen LogP contribution in [0.25, 0.3) is 0 Å². The second-order valence-corrected chi connectivity index (χ2v) is 7.66. The van der Waals surface area contributed by atoms with Gasteiger partial charge in [0.05, 0.1) is 4.90 Å². The Morgan fingerprint density at radius 1 is 1.11 bits per heavy atom. The minimum atomic E-state index is -3.50. The molecule has 2 aromatic rings. The number of pyridine rings is 1. The van der Waals surface area contributed by atoms with Crippen LogP contribution in [0.1, 0.15) is 5.56 Å². The quantitative estimate of drug-likeness (QED) is 0.876. The van der Waals surface area contributed by atoms with Crippen LogP contribution in [0, 0.1) is 6.92 Å². The van der Waals surface area contributed by atoms with Crippen molar-refractivity contribution in [2.45, 2.75) is 16.8 Å². The molecular formula is C13H15N2O2S2+. The number of aryl methyl sites for hydroxylation is 1. The van der Waals surface area contributed by atoms with Crippen molar-refractivity contribution in [2.24, 2.45) is 0 Å². The summed E-state index contributed by atoms with van der Waals surface area (Å²) in [6, 6.07) is 12.2. The number of benzene rings is 1. The topological polar surface area (TPSA) is 59.1 Å². The lowest BCUT2D eigenvalue weighted by Gasteiger charge is -2.05. The molecule has 100 valence electrons. The summed E-state index contributed by atoms with van der Waals surface area (Å²) in [4.78, 5) is 4.43. The monoisotopic (exact) mass is 295 g/mol. The van der Waals surface area contributed by atoms with E-state index >= 15 is 0 Å². The normalized spacial score (nSPS) is 13.2. The van der Waals surface area contributed by atoms with Gasteiger partial charge in [0.25, 0.3) is 15.0 Å². The molecule has 1 atom stereocenters. The summed E-state index contributed by atoms with van der Waals surface area (Å²) in [5.74, 6) is 0. The second kappa shape index (κ2) is 5.73. The Morgan fingerprint density at radius 3 is 2.37 bits per heavy atom. The van der Waals surface area contributed by atoms with Gasteiger partial charge in [-0.2, -0.15) is 0 Å². The van der Waals surface area contributed by atoms with E-state index in [2.05, 4.69) is 9.11 Å². The molecule has 0 aliphatic carbocycles. The van der Waals surface area contributed by atoms with Crippen LogP contribution in [-0.4, -0.2) is 19.7 Å². The van der Waals surface area contributed by atoms with Gasteiger partial charge in [0.15, 0.2) is 0 Å². The highest BCUT2D eigenvalue weighted by atomic mass is 32.3. The highest BCUT2D eigenvalue weighted by Gasteiger charge is 2.26. The molecule has 0 aliphatic heterocycles. The first-order valence-electron chi connectivity index (χ1n) is 5.65. The van der Waals surface area contributed by atoms with E-state index in [9.17, 15) is 8.42 Å². The van der Waals surface area contributed by atoms with Gasteiger partial charge in [0.2, 0.25) is 0 Å². The third-order valence-corrected chi connectivity index (χ3v) is 6.16. The first kappa shape index (κ1) is 14.0. The van der Waals surface area contributed by atoms with Gasteiger partial charge in [-0.15, -0.1) is 0 Å². The number of nitrogens with zero attached hydrogens (tertiary/aromatic N) is 1. The van der Waals surface area contributed by atoms with Gasteiger partial charge in [0.1, 0.15) is 17.3 Å². The van der Waals surface area contributed by atoms with Gasteiger partial charge in [-0.05, 0) is 29.3 Å². The summed E-state index contributed by atoms with van der Waals surface area (Å²) in [5, 5.41) is 0.721. The summed E-state index contributed by atoms with van der Waals surface area (Å²) < 4.78 is 27.0. The van der Waals surface area contributed by atoms with Crippen molar-refractivity contribution in [1.82, 2.24) is 9.11 Å². The van der Waals surface area contributed by atoms with E-state index in [0.29, 0.717) is 0 Å². The minimum absolute atomic E-state index is 0.272. The summed E-state index contributed by atoms with van der Waals surface area (Å²) in [7, 11) is -3.50. The highest BCUT2D eigenvalue weighted by Crippen LogP contribution is 2.13. The Morgan fingerprint density at radius 2 is 1.79 bits per heavy atom. The minimum Gasteiger partial charge on any atom is -0.209 e. The van der Waals surface area contributed by atoms with Crippen molar-refractivity contribution in [3.05, 3.63) is 54.2 Å². The molecular weight excluding hydrogens is 280 g/mol. The molecule has 1 unspecified atom stereocenters. The Labute approximate surface area is 116 Å². The molecule has 0 fully saturated rings. The molecule has 2 rings (SSSR count). The molecule has 0 radical (unpaired) electrons. The molecule has 0 saturated carbocycles.